The zero-order valence-corrected chi connectivity index (χ0v) is 27.6. The van der Waals surface area contributed by atoms with E-state index in [1.54, 1.807) is 0 Å². The van der Waals surface area contributed by atoms with E-state index in [-0.39, 0.29) is 33.2 Å². The van der Waals surface area contributed by atoms with Gasteiger partial charge in [-0.1, -0.05) is 73.0 Å². The van der Waals surface area contributed by atoms with Gasteiger partial charge >= 0.3 is 6.09 Å². The van der Waals surface area contributed by atoms with Crippen molar-refractivity contribution in [2.45, 2.75) is 138 Å². The van der Waals surface area contributed by atoms with Gasteiger partial charge in [0.1, 0.15) is 5.78 Å². The first-order valence-corrected chi connectivity index (χ1v) is 17.4. The highest BCUT2D eigenvalue weighted by atomic mass is 16.5. The zero-order chi connectivity index (χ0) is 29.8. The Morgan fingerprint density at radius 2 is 1.66 bits per heavy atom. The topological polar surface area (TPSA) is 55.4 Å². The lowest BCUT2D eigenvalue weighted by molar-refractivity contribution is -0.236. The van der Waals surface area contributed by atoms with Crippen LogP contribution in [0.3, 0.4) is 0 Å². The minimum atomic E-state index is -0.224. The third-order valence-corrected chi connectivity index (χ3v) is 14.8. The second-order valence-electron chi connectivity index (χ2n) is 16.8. The predicted molar refractivity (Wildman–Crippen MR) is 167 cm³/mol. The number of nitrogens with one attached hydrogen (secondary N) is 1. The van der Waals surface area contributed by atoms with Crippen LogP contribution >= 0.6 is 0 Å². The van der Waals surface area contributed by atoms with Crippen LogP contribution in [-0.2, 0) is 9.53 Å². The van der Waals surface area contributed by atoms with Crippen molar-refractivity contribution in [3.8, 4) is 0 Å². The molecular weight excluding hydrogens is 506 g/mol. The molecule has 5 saturated carbocycles. The number of hydrogen-bond acceptors (Lipinski definition) is 3. The fourth-order valence-corrected chi connectivity index (χ4v) is 12.3. The van der Waals surface area contributed by atoms with Crippen LogP contribution in [0.5, 0.6) is 0 Å². The molecule has 1 N–H and O–H groups in total. The third-order valence-electron chi connectivity index (χ3n) is 14.8. The van der Waals surface area contributed by atoms with Crippen LogP contribution in [0.4, 0.5) is 4.79 Å². The van der Waals surface area contributed by atoms with Gasteiger partial charge in [-0.15, -0.1) is 0 Å². The highest BCUT2D eigenvalue weighted by Crippen LogP contribution is 2.77. The lowest BCUT2D eigenvalue weighted by Gasteiger charge is -2.72. The molecule has 0 aromatic carbocycles. The third kappa shape index (κ3) is 4.75. The van der Waals surface area contributed by atoms with E-state index < -0.39 is 0 Å². The maximum atomic E-state index is 13.1. The number of allylic oxidation sites excluding steroid dienone is 1. The quantitative estimate of drug-likeness (QED) is 0.235. The van der Waals surface area contributed by atoms with Gasteiger partial charge in [0.05, 0.1) is 6.61 Å². The molecule has 9 atom stereocenters. The van der Waals surface area contributed by atoms with Gasteiger partial charge in [0.15, 0.2) is 0 Å². The molecule has 0 aliphatic heterocycles. The minimum absolute atomic E-state index is 0.0803. The van der Waals surface area contributed by atoms with Crippen LogP contribution in [0.1, 0.15) is 138 Å². The highest BCUT2D eigenvalue weighted by molar-refractivity contribution is 5.85. The summed E-state index contributed by atoms with van der Waals surface area (Å²) in [5.74, 6) is 3.38. The average molecular weight is 568 g/mol. The molecule has 5 fully saturated rings. The van der Waals surface area contributed by atoms with Crippen molar-refractivity contribution < 1.29 is 14.3 Å². The van der Waals surface area contributed by atoms with Crippen molar-refractivity contribution in [3.05, 3.63) is 12.2 Å². The summed E-state index contributed by atoms with van der Waals surface area (Å²) in [6.45, 7) is 22.6. The Morgan fingerprint density at radius 1 is 0.902 bits per heavy atom. The van der Waals surface area contributed by atoms with E-state index in [0.717, 1.165) is 38.5 Å². The summed E-state index contributed by atoms with van der Waals surface area (Å²) in [5, 5.41) is 3.04. The molecule has 0 radical (unpaired) electrons. The van der Waals surface area contributed by atoms with E-state index in [9.17, 15) is 9.59 Å². The molecule has 0 aromatic rings. The Labute approximate surface area is 251 Å². The smallest absolute Gasteiger partial charge is 0.407 e. The van der Waals surface area contributed by atoms with E-state index >= 15 is 0 Å². The average Bonchev–Trinajstić information content (AvgIpc) is 3.30. The minimum Gasteiger partial charge on any atom is -0.449 e. The van der Waals surface area contributed by atoms with Crippen LogP contribution in [0.25, 0.3) is 0 Å². The molecule has 0 heterocycles. The summed E-state index contributed by atoms with van der Waals surface area (Å²) in [6.07, 6.45) is 15.9. The van der Waals surface area contributed by atoms with Crippen molar-refractivity contribution >= 4 is 11.9 Å². The van der Waals surface area contributed by atoms with Crippen molar-refractivity contribution in [1.82, 2.24) is 5.32 Å². The molecule has 41 heavy (non-hydrogen) atoms. The molecule has 5 rings (SSSR count). The van der Waals surface area contributed by atoms with Gasteiger partial charge in [0, 0.05) is 23.8 Å². The van der Waals surface area contributed by atoms with Crippen LogP contribution in [0.2, 0.25) is 0 Å². The first kappa shape index (κ1) is 31.1. The summed E-state index contributed by atoms with van der Waals surface area (Å²) < 4.78 is 6.07. The zero-order valence-electron chi connectivity index (χ0n) is 27.6. The lowest BCUT2D eigenvalue weighted by Crippen LogP contribution is -2.66. The molecule has 4 nitrogen and oxygen atoms in total. The molecule has 0 saturated heterocycles. The number of amides is 1. The molecule has 0 aromatic heterocycles. The van der Waals surface area contributed by atoms with Crippen LogP contribution < -0.4 is 5.32 Å². The van der Waals surface area contributed by atoms with Gasteiger partial charge in [-0.2, -0.15) is 0 Å². The van der Waals surface area contributed by atoms with Gasteiger partial charge in [-0.25, -0.2) is 4.79 Å². The fourth-order valence-electron chi connectivity index (χ4n) is 12.3. The summed E-state index contributed by atoms with van der Waals surface area (Å²) in [4.78, 5) is 25.8. The number of unbranched alkanes of at least 4 members (excludes halogenated alkanes) is 3. The molecular formula is C37H61NO3. The van der Waals surface area contributed by atoms with Crippen molar-refractivity contribution in [2.24, 2.45) is 56.7 Å². The van der Waals surface area contributed by atoms with Crippen molar-refractivity contribution in [3.63, 3.8) is 0 Å². The second kappa shape index (κ2) is 11.0. The van der Waals surface area contributed by atoms with E-state index in [4.69, 9.17) is 4.74 Å². The number of ketones is 1. The summed E-state index contributed by atoms with van der Waals surface area (Å²) in [7, 11) is 0. The van der Waals surface area contributed by atoms with Gasteiger partial charge in [0.25, 0.3) is 0 Å². The number of carbonyl (C=O) groups excluding carboxylic acids is 2. The molecule has 0 spiro atoms. The Bertz CT molecular complexity index is 1030. The summed E-state index contributed by atoms with van der Waals surface area (Å²) in [5.41, 5.74) is 2.01. The van der Waals surface area contributed by atoms with Gasteiger partial charge < -0.3 is 10.1 Å². The number of alkyl carbamates (subject to hydrolysis) is 1. The monoisotopic (exact) mass is 567 g/mol. The van der Waals surface area contributed by atoms with Crippen LogP contribution in [-0.4, -0.2) is 25.0 Å². The van der Waals surface area contributed by atoms with Crippen molar-refractivity contribution in [1.29, 1.82) is 0 Å². The Balaban J connectivity index is 1.38. The standard InChI is InChI=1S/C37H61NO3/c1-9-10-11-12-23-38-32(40)41-24-37-20-15-26(25(2)3)31(37)27-13-14-29-34(6)18-17-30(39)33(4,5)28(34)16-19-36(29,8)35(27,7)21-22-37/h26-29,31H,2,9-24H2,1,3-8H3,(H,38,40)/t26-,27+,28-,29+,31+,34-,35+,36+,37+/m0/s1. The van der Waals surface area contributed by atoms with E-state index in [1.807, 2.05) is 0 Å². The second-order valence-corrected chi connectivity index (χ2v) is 16.8. The van der Waals surface area contributed by atoms with Gasteiger partial charge in [-0.3, -0.25) is 4.79 Å². The number of Topliss-reactive ketones (excluding diaryl/α,β-unsaturated/α-hetero) is 1. The van der Waals surface area contributed by atoms with E-state index in [1.165, 1.54) is 56.9 Å². The van der Waals surface area contributed by atoms with Crippen LogP contribution in [0.15, 0.2) is 12.2 Å². The van der Waals surface area contributed by atoms with Crippen molar-refractivity contribution in [2.75, 3.05) is 13.2 Å². The number of fused-ring (bicyclic) bond motifs is 7. The number of ether oxygens (including phenoxy) is 1. The Morgan fingerprint density at radius 3 is 2.37 bits per heavy atom. The van der Waals surface area contributed by atoms with Gasteiger partial charge in [-0.05, 0) is 117 Å². The van der Waals surface area contributed by atoms with E-state index in [0.29, 0.717) is 48.5 Å². The Kier molecular flexibility index (Phi) is 8.34. The lowest BCUT2D eigenvalue weighted by atomic mass is 9.32. The highest BCUT2D eigenvalue weighted by Gasteiger charge is 2.71. The largest absolute Gasteiger partial charge is 0.449 e. The summed E-state index contributed by atoms with van der Waals surface area (Å²) >= 11 is 0. The number of carbonyl (C=O) groups is 2. The van der Waals surface area contributed by atoms with E-state index in [2.05, 4.69) is 60.4 Å². The number of rotatable bonds is 8. The summed E-state index contributed by atoms with van der Waals surface area (Å²) in [6, 6.07) is 0. The molecule has 0 unspecified atom stereocenters. The maximum Gasteiger partial charge on any atom is 0.407 e. The molecule has 0 bridgehead atoms. The van der Waals surface area contributed by atoms with Crippen LogP contribution in [0, 0.1) is 56.7 Å². The maximum absolute atomic E-state index is 13.1. The SMILES string of the molecule is C=C(C)[C@@H]1CC[C@]2(COC(=O)NCCCCCC)CC[C@]3(C)[C@H](CC[C@@H]4[C@@]5(C)CCC(=O)C(C)(C)[C@@H]5CC[C@]43C)[C@@H]12. The molecule has 5 aliphatic carbocycles. The predicted octanol–water partition coefficient (Wildman–Crippen LogP) is 9.52. The van der Waals surface area contributed by atoms with Gasteiger partial charge in [0.2, 0.25) is 0 Å². The molecule has 232 valence electrons. The number of hydrogen-bond donors (Lipinski definition) is 1. The molecule has 5 aliphatic rings. The molecule has 4 heteroatoms. The Hall–Kier alpha value is -1.32. The first-order valence-electron chi connectivity index (χ1n) is 17.4. The fraction of sp³-hybridized carbons (Fsp3) is 0.892. The normalized spacial score (nSPS) is 44.7. The first-order chi connectivity index (χ1) is 19.3. The molecule has 1 amide bonds.